The number of rotatable bonds is 2. The van der Waals surface area contributed by atoms with Crippen LogP contribution >= 0.6 is 0 Å². The number of hydrogen-bond acceptors (Lipinski definition) is 2. The zero-order valence-corrected chi connectivity index (χ0v) is 9.03. The summed E-state index contributed by atoms with van der Waals surface area (Å²) in [5, 5.41) is 0. The van der Waals surface area contributed by atoms with E-state index in [2.05, 4.69) is 48.2 Å². The van der Waals surface area contributed by atoms with Crippen molar-refractivity contribution in [1.82, 2.24) is 0 Å². The summed E-state index contributed by atoms with van der Waals surface area (Å²) in [6.07, 6.45) is 2.69. The van der Waals surface area contributed by atoms with Crippen LogP contribution in [-0.4, -0.2) is 27.2 Å². The van der Waals surface area contributed by atoms with Crippen LogP contribution in [0, 0.1) is 0 Å². The van der Waals surface area contributed by atoms with Gasteiger partial charge >= 0.3 is 0 Å². The molecule has 1 aliphatic heterocycles. The van der Waals surface area contributed by atoms with Crippen LogP contribution in [0.5, 0.6) is 0 Å². The summed E-state index contributed by atoms with van der Waals surface area (Å²) in [7, 11) is 4.15. The maximum Gasteiger partial charge on any atom is 0.0367 e. The van der Waals surface area contributed by atoms with Crippen molar-refractivity contribution in [3.63, 3.8) is 0 Å². The molecule has 2 heteroatoms. The first-order valence-corrected chi connectivity index (χ1v) is 5.30. The molecule has 0 bridgehead atoms. The Hall–Kier alpha value is -1.18. The summed E-state index contributed by atoms with van der Waals surface area (Å²) < 4.78 is 0. The lowest BCUT2D eigenvalue weighted by Crippen LogP contribution is -2.17. The van der Waals surface area contributed by atoms with Crippen LogP contribution in [0.1, 0.15) is 12.8 Å². The molecule has 1 saturated heterocycles. The number of benzene rings is 1. The highest BCUT2D eigenvalue weighted by Gasteiger charge is 2.11. The van der Waals surface area contributed by atoms with E-state index in [-0.39, 0.29) is 0 Å². The normalized spacial score (nSPS) is 16.0. The molecule has 0 spiro atoms. The van der Waals surface area contributed by atoms with Gasteiger partial charge in [-0.3, -0.25) is 0 Å². The summed E-state index contributed by atoms with van der Waals surface area (Å²) in [4.78, 5) is 4.59. The molecular weight excluding hydrogens is 172 g/mol. The van der Waals surface area contributed by atoms with Gasteiger partial charge in [0.2, 0.25) is 0 Å². The van der Waals surface area contributed by atoms with Crippen molar-refractivity contribution in [2.45, 2.75) is 12.8 Å². The summed E-state index contributed by atoms with van der Waals surface area (Å²) in [5.74, 6) is 0. The fourth-order valence-electron chi connectivity index (χ4n) is 1.94. The summed E-state index contributed by atoms with van der Waals surface area (Å²) in [6.45, 7) is 2.45. The number of anilines is 2. The van der Waals surface area contributed by atoms with Crippen molar-refractivity contribution in [2.75, 3.05) is 37.0 Å². The SMILES string of the molecule is CN(C)c1ccc(N2CCCC2)cc1. The summed E-state index contributed by atoms with van der Waals surface area (Å²) >= 11 is 0. The zero-order valence-electron chi connectivity index (χ0n) is 9.03. The van der Waals surface area contributed by atoms with E-state index in [1.54, 1.807) is 0 Å². The van der Waals surface area contributed by atoms with Gasteiger partial charge in [-0.05, 0) is 37.1 Å². The van der Waals surface area contributed by atoms with Crippen LogP contribution in [0.4, 0.5) is 11.4 Å². The van der Waals surface area contributed by atoms with E-state index in [1.807, 2.05) is 0 Å². The van der Waals surface area contributed by atoms with Crippen molar-refractivity contribution in [2.24, 2.45) is 0 Å². The minimum Gasteiger partial charge on any atom is -0.378 e. The second-order valence-corrected chi connectivity index (χ2v) is 4.10. The Morgan fingerprint density at radius 3 is 2.07 bits per heavy atom. The zero-order chi connectivity index (χ0) is 9.97. The lowest BCUT2D eigenvalue weighted by atomic mass is 10.2. The van der Waals surface area contributed by atoms with Crippen LogP contribution in [0.25, 0.3) is 0 Å². The maximum absolute atomic E-state index is 2.46. The van der Waals surface area contributed by atoms with Gasteiger partial charge in [0.25, 0.3) is 0 Å². The Morgan fingerprint density at radius 2 is 1.57 bits per heavy atom. The highest BCUT2D eigenvalue weighted by molar-refractivity contribution is 5.56. The third-order valence-corrected chi connectivity index (χ3v) is 2.84. The molecule has 14 heavy (non-hydrogen) atoms. The minimum atomic E-state index is 1.22. The van der Waals surface area contributed by atoms with Crippen molar-refractivity contribution < 1.29 is 0 Å². The standard InChI is InChI=1S/C12H18N2/c1-13(2)11-5-7-12(8-6-11)14-9-3-4-10-14/h5-8H,3-4,9-10H2,1-2H3. The number of hydrogen-bond donors (Lipinski definition) is 0. The molecule has 1 fully saturated rings. The Morgan fingerprint density at radius 1 is 1.00 bits per heavy atom. The molecule has 0 amide bonds. The van der Waals surface area contributed by atoms with E-state index in [1.165, 1.54) is 37.3 Å². The second kappa shape index (κ2) is 3.91. The summed E-state index contributed by atoms with van der Waals surface area (Å²) in [6, 6.07) is 8.82. The van der Waals surface area contributed by atoms with Crippen LogP contribution in [0.2, 0.25) is 0 Å². The fraction of sp³-hybridized carbons (Fsp3) is 0.500. The molecule has 1 heterocycles. The highest BCUT2D eigenvalue weighted by Crippen LogP contribution is 2.22. The van der Waals surface area contributed by atoms with E-state index in [0.29, 0.717) is 0 Å². The molecular formula is C12H18N2. The molecule has 1 aromatic carbocycles. The predicted molar refractivity (Wildman–Crippen MR) is 62.2 cm³/mol. The minimum absolute atomic E-state index is 1.22. The molecule has 0 aliphatic carbocycles. The molecule has 1 aliphatic rings. The van der Waals surface area contributed by atoms with E-state index in [9.17, 15) is 0 Å². The third-order valence-electron chi connectivity index (χ3n) is 2.84. The van der Waals surface area contributed by atoms with E-state index >= 15 is 0 Å². The van der Waals surface area contributed by atoms with Crippen LogP contribution in [-0.2, 0) is 0 Å². The number of nitrogens with zero attached hydrogens (tertiary/aromatic N) is 2. The molecule has 2 nitrogen and oxygen atoms in total. The lowest BCUT2D eigenvalue weighted by molar-refractivity contribution is 0.949. The van der Waals surface area contributed by atoms with E-state index < -0.39 is 0 Å². The van der Waals surface area contributed by atoms with Crippen LogP contribution in [0.3, 0.4) is 0 Å². The largest absolute Gasteiger partial charge is 0.378 e. The molecule has 0 N–H and O–H groups in total. The van der Waals surface area contributed by atoms with E-state index in [0.717, 1.165) is 0 Å². The van der Waals surface area contributed by atoms with Gasteiger partial charge in [0, 0.05) is 38.6 Å². The molecule has 0 saturated carbocycles. The van der Waals surface area contributed by atoms with Crippen molar-refractivity contribution in [3.05, 3.63) is 24.3 Å². The summed E-state index contributed by atoms with van der Waals surface area (Å²) in [5.41, 5.74) is 2.64. The topological polar surface area (TPSA) is 6.48 Å². The third kappa shape index (κ3) is 1.84. The monoisotopic (exact) mass is 190 g/mol. The van der Waals surface area contributed by atoms with Gasteiger partial charge < -0.3 is 9.80 Å². The van der Waals surface area contributed by atoms with E-state index in [4.69, 9.17) is 0 Å². The molecule has 0 atom stereocenters. The highest BCUT2D eigenvalue weighted by atomic mass is 15.1. The Balaban J connectivity index is 2.12. The molecule has 1 aromatic rings. The molecule has 0 unspecified atom stereocenters. The molecule has 76 valence electrons. The fourth-order valence-corrected chi connectivity index (χ4v) is 1.94. The van der Waals surface area contributed by atoms with Gasteiger partial charge in [-0.15, -0.1) is 0 Å². The molecule has 2 rings (SSSR count). The Labute approximate surface area is 86.1 Å². The second-order valence-electron chi connectivity index (χ2n) is 4.10. The molecule has 0 aromatic heterocycles. The van der Waals surface area contributed by atoms with Gasteiger partial charge in [-0.2, -0.15) is 0 Å². The van der Waals surface area contributed by atoms with Crippen molar-refractivity contribution >= 4 is 11.4 Å². The quantitative estimate of drug-likeness (QED) is 0.706. The van der Waals surface area contributed by atoms with Crippen molar-refractivity contribution in [3.8, 4) is 0 Å². The van der Waals surface area contributed by atoms with Gasteiger partial charge in [-0.25, -0.2) is 0 Å². The first-order chi connectivity index (χ1) is 6.77. The Kier molecular flexibility index (Phi) is 2.62. The van der Waals surface area contributed by atoms with Crippen molar-refractivity contribution in [1.29, 1.82) is 0 Å². The van der Waals surface area contributed by atoms with Gasteiger partial charge in [-0.1, -0.05) is 0 Å². The molecule has 0 radical (unpaired) electrons. The lowest BCUT2D eigenvalue weighted by Gasteiger charge is -2.19. The first kappa shape index (κ1) is 9.38. The Bertz CT molecular complexity index is 284. The smallest absolute Gasteiger partial charge is 0.0367 e. The average molecular weight is 190 g/mol. The van der Waals surface area contributed by atoms with Crippen LogP contribution < -0.4 is 9.80 Å². The van der Waals surface area contributed by atoms with Crippen LogP contribution in [0.15, 0.2) is 24.3 Å². The maximum atomic E-state index is 2.46. The van der Waals surface area contributed by atoms with Gasteiger partial charge in [0.1, 0.15) is 0 Å². The predicted octanol–water partition coefficient (Wildman–Crippen LogP) is 2.35. The van der Waals surface area contributed by atoms with Gasteiger partial charge in [0.05, 0.1) is 0 Å². The van der Waals surface area contributed by atoms with Gasteiger partial charge in [0.15, 0.2) is 0 Å². The average Bonchev–Trinajstić information content (AvgIpc) is 2.71. The first-order valence-electron chi connectivity index (χ1n) is 5.30.